The molecule has 3 N–H and O–H groups in total. The molecule has 1 unspecified atom stereocenters. The van der Waals surface area contributed by atoms with Crippen LogP contribution >= 0.6 is 0 Å². The van der Waals surface area contributed by atoms with Crippen LogP contribution < -0.4 is 20.7 Å². The smallest absolute Gasteiger partial charge is 0.243 e. The fraction of sp³-hybridized carbons (Fsp3) is 0.263. The molecule has 1 amide bonds. The van der Waals surface area contributed by atoms with E-state index in [1.54, 1.807) is 38.2 Å². The molecular formula is C19H22F2N4O2. The summed E-state index contributed by atoms with van der Waals surface area (Å²) in [6.07, 6.45) is -0.332. The van der Waals surface area contributed by atoms with Crippen LogP contribution in [0.1, 0.15) is 6.92 Å². The number of halogens is 2. The molecule has 0 bridgehead atoms. The summed E-state index contributed by atoms with van der Waals surface area (Å²) in [6, 6.07) is 11.8. The maximum absolute atomic E-state index is 13.6. The average Bonchev–Trinajstić information content (AvgIpc) is 2.64. The highest BCUT2D eigenvalue weighted by Gasteiger charge is 2.10. The van der Waals surface area contributed by atoms with Crippen molar-refractivity contribution < 1.29 is 18.3 Å². The van der Waals surface area contributed by atoms with E-state index in [1.807, 2.05) is 0 Å². The van der Waals surface area contributed by atoms with Crippen molar-refractivity contribution >= 4 is 17.6 Å². The minimum atomic E-state index is -0.430. The number of carbonyl (C=O) groups excluding carboxylic acids is 1. The van der Waals surface area contributed by atoms with Gasteiger partial charge in [0.2, 0.25) is 5.91 Å². The van der Waals surface area contributed by atoms with E-state index in [1.165, 1.54) is 24.3 Å². The maximum Gasteiger partial charge on any atom is 0.243 e. The number of para-hydroxylation sites is 1. The number of nitrogens with zero attached hydrogens (tertiary/aromatic N) is 1. The molecule has 0 spiro atoms. The van der Waals surface area contributed by atoms with Gasteiger partial charge in [0, 0.05) is 12.7 Å². The van der Waals surface area contributed by atoms with Gasteiger partial charge in [0.15, 0.2) is 17.5 Å². The zero-order valence-corrected chi connectivity index (χ0v) is 15.1. The quantitative estimate of drug-likeness (QED) is 0.513. The van der Waals surface area contributed by atoms with Crippen LogP contribution in [0, 0.1) is 11.6 Å². The molecule has 2 aromatic carbocycles. The number of anilines is 1. The Labute approximate surface area is 156 Å². The summed E-state index contributed by atoms with van der Waals surface area (Å²) in [5.74, 6) is -0.653. The first kappa shape index (κ1) is 20.2. The van der Waals surface area contributed by atoms with E-state index in [0.29, 0.717) is 18.2 Å². The number of hydrogen-bond acceptors (Lipinski definition) is 3. The predicted octanol–water partition coefficient (Wildman–Crippen LogP) is 2.54. The summed E-state index contributed by atoms with van der Waals surface area (Å²) in [6.45, 7) is 2.07. The van der Waals surface area contributed by atoms with E-state index >= 15 is 0 Å². The lowest BCUT2D eigenvalue weighted by molar-refractivity contribution is -0.115. The van der Waals surface area contributed by atoms with Gasteiger partial charge in [-0.2, -0.15) is 0 Å². The fourth-order valence-electron chi connectivity index (χ4n) is 2.20. The highest BCUT2D eigenvalue weighted by molar-refractivity contribution is 5.94. The van der Waals surface area contributed by atoms with Crippen LogP contribution in [0.5, 0.6) is 5.75 Å². The first-order chi connectivity index (χ1) is 13.0. The number of guanidine groups is 1. The Bertz CT molecular complexity index is 799. The Balaban J connectivity index is 1.75. The SMILES string of the molecule is CN=C(NCC(=O)Nc1cccc(F)c1)NCC(C)Oc1ccccc1F. The van der Waals surface area contributed by atoms with Gasteiger partial charge in [-0.05, 0) is 37.3 Å². The van der Waals surface area contributed by atoms with Crippen molar-refractivity contribution in [2.24, 2.45) is 4.99 Å². The summed E-state index contributed by atoms with van der Waals surface area (Å²) in [5.41, 5.74) is 0.372. The van der Waals surface area contributed by atoms with E-state index in [-0.39, 0.29) is 24.3 Å². The standard InChI is InChI=1S/C19H22F2N4O2/c1-13(27-17-9-4-3-8-16(17)21)11-23-19(22-2)24-12-18(26)25-15-7-5-6-14(20)10-15/h3-10,13H,11-12H2,1-2H3,(H,25,26)(H2,22,23,24). The van der Waals surface area contributed by atoms with Crippen LogP contribution in [0.25, 0.3) is 0 Å². The van der Waals surface area contributed by atoms with Crippen LogP contribution in [0.4, 0.5) is 14.5 Å². The largest absolute Gasteiger partial charge is 0.486 e. The monoisotopic (exact) mass is 376 g/mol. The highest BCUT2D eigenvalue weighted by Crippen LogP contribution is 2.16. The third-order valence-electron chi connectivity index (χ3n) is 3.47. The third-order valence-corrected chi connectivity index (χ3v) is 3.47. The van der Waals surface area contributed by atoms with Gasteiger partial charge in [0.1, 0.15) is 11.9 Å². The van der Waals surface area contributed by atoms with E-state index in [0.717, 1.165) is 0 Å². The van der Waals surface area contributed by atoms with Gasteiger partial charge in [-0.3, -0.25) is 9.79 Å². The minimum absolute atomic E-state index is 0.0568. The molecule has 0 fully saturated rings. The van der Waals surface area contributed by atoms with Crippen LogP contribution in [0.3, 0.4) is 0 Å². The number of ether oxygens (including phenoxy) is 1. The number of amides is 1. The Hall–Kier alpha value is -3.16. The van der Waals surface area contributed by atoms with Gasteiger partial charge in [0.05, 0.1) is 13.1 Å². The molecule has 6 nitrogen and oxygen atoms in total. The van der Waals surface area contributed by atoms with E-state index < -0.39 is 11.6 Å². The lowest BCUT2D eigenvalue weighted by Gasteiger charge is -2.18. The number of benzene rings is 2. The average molecular weight is 376 g/mol. The van der Waals surface area contributed by atoms with E-state index in [9.17, 15) is 13.6 Å². The Morgan fingerprint density at radius 1 is 1.15 bits per heavy atom. The Morgan fingerprint density at radius 3 is 2.63 bits per heavy atom. The summed E-state index contributed by atoms with van der Waals surface area (Å²) in [4.78, 5) is 15.9. The van der Waals surface area contributed by atoms with Gasteiger partial charge in [-0.1, -0.05) is 18.2 Å². The number of carbonyl (C=O) groups is 1. The highest BCUT2D eigenvalue weighted by atomic mass is 19.1. The van der Waals surface area contributed by atoms with Crippen molar-refractivity contribution in [1.29, 1.82) is 0 Å². The zero-order valence-electron chi connectivity index (χ0n) is 15.1. The predicted molar refractivity (Wildman–Crippen MR) is 101 cm³/mol. The number of aliphatic imine (C=N–C) groups is 1. The lowest BCUT2D eigenvalue weighted by atomic mass is 10.3. The molecule has 0 saturated heterocycles. The second-order valence-electron chi connectivity index (χ2n) is 5.72. The van der Waals surface area contributed by atoms with Crippen molar-refractivity contribution in [3.8, 4) is 5.75 Å². The Kier molecular flexibility index (Phi) is 7.54. The Morgan fingerprint density at radius 2 is 1.93 bits per heavy atom. The molecule has 0 aliphatic rings. The van der Waals surface area contributed by atoms with Crippen molar-refractivity contribution in [3.05, 3.63) is 60.2 Å². The minimum Gasteiger partial charge on any atom is -0.486 e. The summed E-state index contributed by atoms with van der Waals surface area (Å²) in [5, 5.41) is 8.40. The third kappa shape index (κ3) is 6.93. The second kappa shape index (κ2) is 10.1. The zero-order chi connectivity index (χ0) is 19.6. The summed E-state index contributed by atoms with van der Waals surface area (Å²) >= 11 is 0. The normalized spacial score (nSPS) is 12.2. The van der Waals surface area contributed by atoms with E-state index in [4.69, 9.17) is 4.74 Å². The van der Waals surface area contributed by atoms with Gasteiger partial charge in [-0.25, -0.2) is 8.78 Å². The number of nitrogens with one attached hydrogen (secondary N) is 3. The molecule has 0 aliphatic carbocycles. The topological polar surface area (TPSA) is 74.8 Å². The maximum atomic E-state index is 13.6. The number of hydrogen-bond donors (Lipinski definition) is 3. The first-order valence-corrected chi connectivity index (χ1v) is 8.39. The molecule has 27 heavy (non-hydrogen) atoms. The molecule has 2 rings (SSSR count). The van der Waals surface area contributed by atoms with Crippen LogP contribution in [0.2, 0.25) is 0 Å². The molecule has 144 valence electrons. The molecule has 0 aliphatic heterocycles. The lowest BCUT2D eigenvalue weighted by Crippen LogP contribution is -2.44. The molecule has 1 atom stereocenters. The van der Waals surface area contributed by atoms with Gasteiger partial charge in [-0.15, -0.1) is 0 Å². The van der Waals surface area contributed by atoms with E-state index in [2.05, 4.69) is 20.9 Å². The van der Waals surface area contributed by atoms with Crippen molar-refractivity contribution in [2.75, 3.05) is 25.5 Å². The number of rotatable bonds is 7. The van der Waals surface area contributed by atoms with Crippen LogP contribution in [-0.4, -0.2) is 38.1 Å². The molecule has 0 saturated carbocycles. The van der Waals surface area contributed by atoms with Crippen molar-refractivity contribution in [2.45, 2.75) is 13.0 Å². The molecule has 0 radical (unpaired) electrons. The summed E-state index contributed by atoms with van der Waals surface area (Å²) < 4.78 is 32.2. The van der Waals surface area contributed by atoms with Crippen molar-refractivity contribution in [1.82, 2.24) is 10.6 Å². The second-order valence-corrected chi connectivity index (χ2v) is 5.72. The molecular weight excluding hydrogens is 354 g/mol. The van der Waals surface area contributed by atoms with Crippen LogP contribution in [-0.2, 0) is 4.79 Å². The van der Waals surface area contributed by atoms with Crippen LogP contribution in [0.15, 0.2) is 53.5 Å². The molecule has 0 aromatic heterocycles. The van der Waals surface area contributed by atoms with Gasteiger partial charge >= 0.3 is 0 Å². The van der Waals surface area contributed by atoms with Gasteiger partial charge < -0.3 is 20.7 Å². The van der Waals surface area contributed by atoms with Crippen molar-refractivity contribution in [3.63, 3.8) is 0 Å². The summed E-state index contributed by atoms with van der Waals surface area (Å²) in [7, 11) is 1.56. The molecule has 8 heteroatoms. The first-order valence-electron chi connectivity index (χ1n) is 8.39. The fourth-order valence-corrected chi connectivity index (χ4v) is 2.20. The van der Waals surface area contributed by atoms with Gasteiger partial charge in [0.25, 0.3) is 0 Å². The molecule has 2 aromatic rings. The molecule has 0 heterocycles.